The number of para-hydroxylation sites is 1. The Balaban J connectivity index is 1.68. The zero-order valence-electron chi connectivity index (χ0n) is 16.0. The minimum Gasteiger partial charge on any atom is -0.478 e. The molecule has 0 atom stereocenters. The summed E-state index contributed by atoms with van der Waals surface area (Å²) in [6.45, 7) is 1.63. The maximum Gasteiger partial charge on any atom is 0.344 e. The quantitative estimate of drug-likeness (QED) is 0.484. The van der Waals surface area contributed by atoms with Crippen LogP contribution in [0.1, 0.15) is 26.3 Å². The standard InChI is InChI=1S/C24H17NO5/c1-14-18(23(27)28)9-5-10-20(14)25-22(26)17-8-4-7-15(12-17)19-13-16-6-2-3-11-21(16)30-24(19)29/h2-13H,1H3,(H,25,26)(H,27,28). The van der Waals surface area contributed by atoms with Gasteiger partial charge < -0.3 is 14.8 Å². The van der Waals surface area contributed by atoms with E-state index < -0.39 is 17.5 Å². The van der Waals surface area contributed by atoms with Crippen LogP contribution in [0.5, 0.6) is 0 Å². The van der Waals surface area contributed by atoms with E-state index >= 15 is 0 Å². The van der Waals surface area contributed by atoms with Crippen molar-refractivity contribution in [3.63, 3.8) is 0 Å². The Morgan fingerprint density at radius 2 is 1.70 bits per heavy atom. The maximum absolute atomic E-state index is 12.8. The van der Waals surface area contributed by atoms with Crippen LogP contribution in [0.3, 0.4) is 0 Å². The van der Waals surface area contributed by atoms with Gasteiger partial charge in [0.1, 0.15) is 5.58 Å². The maximum atomic E-state index is 12.8. The first-order valence-electron chi connectivity index (χ1n) is 9.21. The van der Waals surface area contributed by atoms with E-state index in [1.54, 1.807) is 61.5 Å². The first kappa shape index (κ1) is 19.1. The summed E-state index contributed by atoms with van der Waals surface area (Å²) < 4.78 is 5.38. The van der Waals surface area contributed by atoms with Crippen LogP contribution >= 0.6 is 0 Å². The van der Waals surface area contributed by atoms with Crippen LogP contribution in [0.2, 0.25) is 0 Å². The van der Waals surface area contributed by atoms with E-state index in [1.165, 1.54) is 6.07 Å². The number of hydrogen-bond donors (Lipinski definition) is 2. The number of anilines is 1. The summed E-state index contributed by atoms with van der Waals surface area (Å²) in [5.41, 5.74) is 2.24. The number of aromatic carboxylic acids is 1. The normalized spacial score (nSPS) is 10.7. The summed E-state index contributed by atoms with van der Waals surface area (Å²) in [5.74, 6) is -1.47. The van der Waals surface area contributed by atoms with E-state index in [2.05, 4.69) is 5.32 Å². The number of benzene rings is 3. The molecule has 4 aromatic rings. The van der Waals surface area contributed by atoms with Crippen molar-refractivity contribution in [3.05, 3.63) is 99.9 Å². The molecule has 2 N–H and O–H groups in total. The highest BCUT2D eigenvalue weighted by atomic mass is 16.4. The third-order valence-electron chi connectivity index (χ3n) is 4.89. The number of carbonyl (C=O) groups is 2. The van der Waals surface area contributed by atoms with Crippen LogP contribution in [-0.2, 0) is 0 Å². The predicted molar refractivity (Wildman–Crippen MR) is 114 cm³/mol. The van der Waals surface area contributed by atoms with Gasteiger partial charge in [0.05, 0.1) is 11.1 Å². The molecular formula is C24H17NO5. The fourth-order valence-electron chi connectivity index (χ4n) is 3.29. The number of hydrogen-bond acceptors (Lipinski definition) is 4. The number of rotatable bonds is 4. The smallest absolute Gasteiger partial charge is 0.344 e. The van der Waals surface area contributed by atoms with Gasteiger partial charge in [-0.25, -0.2) is 9.59 Å². The van der Waals surface area contributed by atoms with Crippen molar-refractivity contribution in [3.8, 4) is 11.1 Å². The number of nitrogens with one attached hydrogen (secondary N) is 1. The second-order valence-corrected chi connectivity index (χ2v) is 6.80. The molecular weight excluding hydrogens is 382 g/mol. The molecule has 148 valence electrons. The molecule has 0 aliphatic rings. The van der Waals surface area contributed by atoms with Crippen LogP contribution in [0.15, 0.2) is 82.0 Å². The van der Waals surface area contributed by atoms with Gasteiger partial charge in [-0.3, -0.25) is 4.79 Å². The lowest BCUT2D eigenvalue weighted by atomic mass is 10.0. The highest BCUT2D eigenvalue weighted by molar-refractivity contribution is 6.06. The number of carbonyl (C=O) groups excluding carboxylic acids is 1. The molecule has 0 unspecified atom stereocenters. The molecule has 1 amide bonds. The van der Waals surface area contributed by atoms with Crippen molar-refractivity contribution in [2.75, 3.05) is 5.32 Å². The molecule has 0 radical (unpaired) electrons. The molecule has 1 aromatic heterocycles. The van der Waals surface area contributed by atoms with Gasteiger partial charge in [-0.15, -0.1) is 0 Å². The number of carboxylic acid groups (broad SMARTS) is 1. The van der Waals surface area contributed by atoms with Gasteiger partial charge in [-0.05, 0) is 54.4 Å². The molecule has 0 spiro atoms. The van der Waals surface area contributed by atoms with Gasteiger partial charge in [0.15, 0.2) is 0 Å². The van der Waals surface area contributed by atoms with Gasteiger partial charge >= 0.3 is 11.6 Å². The Labute approximate surface area is 171 Å². The monoisotopic (exact) mass is 399 g/mol. The third kappa shape index (κ3) is 3.58. The van der Waals surface area contributed by atoms with Crippen LogP contribution in [0, 0.1) is 6.92 Å². The highest BCUT2D eigenvalue weighted by Gasteiger charge is 2.15. The van der Waals surface area contributed by atoms with Crippen LogP contribution in [0.4, 0.5) is 5.69 Å². The van der Waals surface area contributed by atoms with Gasteiger partial charge in [-0.2, -0.15) is 0 Å². The van der Waals surface area contributed by atoms with Crippen molar-refractivity contribution in [1.29, 1.82) is 0 Å². The summed E-state index contributed by atoms with van der Waals surface area (Å²) in [4.78, 5) is 36.5. The van der Waals surface area contributed by atoms with Crippen molar-refractivity contribution in [2.24, 2.45) is 0 Å². The van der Waals surface area contributed by atoms with Crippen LogP contribution in [-0.4, -0.2) is 17.0 Å². The summed E-state index contributed by atoms with van der Waals surface area (Å²) >= 11 is 0. The second-order valence-electron chi connectivity index (χ2n) is 6.80. The third-order valence-corrected chi connectivity index (χ3v) is 4.89. The fraction of sp³-hybridized carbons (Fsp3) is 0.0417. The number of amides is 1. The zero-order valence-corrected chi connectivity index (χ0v) is 16.0. The Morgan fingerprint density at radius 3 is 2.50 bits per heavy atom. The molecule has 1 heterocycles. The van der Waals surface area contributed by atoms with Gasteiger partial charge in [0.2, 0.25) is 0 Å². The number of fused-ring (bicyclic) bond motifs is 1. The lowest BCUT2D eigenvalue weighted by molar-refractivity contribution is 0.0695. The zero-order chi connectivity index (χ0) is 21.3. The number of carboxylic acids is 1. The largest absolute Gasteiger partial charge is 0.478 e. The Hall–Kier alpha value is -4.19. The summed E-state index contributed by atoms with van der Waals surface area (Å²) in [7, 11) is 0. The summed E-state index contributed by atoms with van der Waals surface area (Å²) in [6.07, 6.45) is 0. The lowest BCUT2D eigenvalue weighted by Gasteiger charge is -2.11. The second kappa shape index (κ2) is 7.67. The molecule has 0 saturated heterocycles. The highest BCUT2D eigenvalue weighted by Crippen LogP contribution is 2.23. The molecule has 0 fully saturated rings. The molecule has 0 aliphatic heterocycles. The molecule has 0 saturated carbocycles. The minimum atomic E-state index is -1.06. The van der Waals surface area contributed by atoms with E-state index in [0.29, 0.717) is 33.5 Å². The Kier molecular flexibility index (Phi) is 4.90. The molecule has 3 aromatic carbocycles. The van der Waals surface area contributed by atoms with E-state index in [1.807, 2.05) is 12.1 Å². The minimum absolute atomic E-state index is 0.121. The molecule has 4 rings (SSSR count). The first-order chi connectivity index (χ1) is 14.4. The average Bonchev–Trinajstić information content (AvgIpc) is 2.74. The molecule has 6 nitrogen and oxygen atoms in total. The Bertz CT molecular complexity index is 1350. The van der Waals surface area contributed by atoms with E-state index in [4.69, 9.17) is 4.42 Å². The summed E-state index contributed by atoms with van der Waals surface area (Å²) in [5, 5.41) is 12.8. The summed E-state index contributed by atoms with van der Waals surface area (Å²) in [6, 6.07) is 20.3. The van der Waals surface area contributed by atoms with Crippen molar-refractivity contribution < 1.29 is 19.1 Å². The first-order valence-corrected chi connectivity index (χ1v) is 9.21. The fourth-order valence-corrected chi connectivity index (χ4v) is 3.29. The van der Waals surface area contributed by atoms with E-state index in [-0.39, 0.29) is 5.56 Å². The van der Waals surface area contributed by atoms with Gasteiger partial charge in [0, 0.05) is 16.6 Å². The van der Waals surface area contributed by atoms with Crippen LogP contribution < -0.4 is 10.9 Å². The topological polar surface area (TPSA) is 96.6 Å². The van der Waals surface area contributed by atoms with E-state index in [0.717, 1.165) is 5.39 Å². The Morgan fingerprint density at radius 1 is 0.933 bits per heavy atom. The average molecular weight is 399 g/mol. The lowest BCUT2D eigenvalue weighted by Crippen LogP contribution is -2.14. The molecule has 0 aliphatic carbocycles. The predicted octanol–water partition coefficient (Wildman–Crippen LogP) is 4.72. The van der Waals surface area contributed by atoms with Crippen molar-refractivity contribution in [2.45, 2.75) is 6.92 Å². The van der Waals surface area contributed by atoms with Crippen molar-refractivity contribution >= 4 is 28.5 Å². The molecule has 30 heavy (non-hydrogen) atoms. The molecule has 0 bridgehead atoms. The van der Waals surface area contributed by atoms with Gasteiger partial charge in [0.25, 0.3) is 5.91 Å². The van der Waals surface area contributed by atoms with Crippen molar-refractivity contribution in [1.82, 2.24) is 0 Å². The SMILES string of the molecule is Cc1c(NC(=O)c2cccc(-c3cc4ccccc4oc3=O)c2)cccc1C(=O)O. The molecule has 6 heteroatoms. The van der Waals surface area contributed by atoms with Crippen LogP contribution in [0.25, 0.3) is 22.1 Å². The van der Waals surface area contributed by atoms with Gasteiger partial charge in [-0.1, -0.05) is 36.4 Å². The van der Waals surface area contributed by atoms with E-state index in [9.17, 15) is 19.5 Å².